The zero-order valence-corrected chi connectivity index (χ0v) is 12.4. The van der Waals surface area contributed by atoms with E-state index in [1.54, 1.807) is 0 Å². The molecule has 2 unspecified atom stereocenters. The number of likely N-dealkylation sites (tertiary alicyclic amines) is 1. The Morgan fingerprint density at radius 3 is 2.47 bits per heavy atom. The van der Waals surface area contributed by atoms with Crippen LogP contribution in [0.25, 0.3) is 0 Å². The first-order chi connectivity index (χ1) is 9.12. The second-order valence-corrected chi connectivity index (χ2v) is 6.88. The zero-order chi connectivity index (χ0) is 13.5. The number of rotatable bonds is 1. The number of hydrogen-bond acceptors (Lipinski definition) is 4. The van der Waals surface area contributed by atoms with E-state index >= 15 is 0 Å². The first-order valence-electron chi connectivity index (χ1n) is 7.92. The Kier molecular flexibility index (Phi) is 3.46. The van der Waals surface area contributed by atoms with Crippen LogP contribution in [-0.2, 0) is 0 Å². The summed E-state index contributed by atoms with van der Waals surface area (Å²) in [7, 11) is 2.24. The molecule has 0 aromatic carbocycles. The van der Waals surface area contributed by atoms with Crippen molar-refractivity contribution in [3.8, 4) is 0 Å². The molecule has 0 bridgehead atoms. The summed E-state index contributed by atoms with van der Waals surface area (Å²) in [6, 6.07) is 1.28. The van der Waals surface area contributed by atoms with Crippen LogP contribution in [0.15, 0.2) is 4.99 Å². The molecular formula is C15H28N4. The third-order valence-electron chi connectivity index (χ3n) is 5.45. The summed E-state index contributed by atoms with van der Waals surface area (Å²) in [6.07, 6.45) is 9.32. The average Bonchev–Trinajstić information content (AvgIpc) is 2.72. The molecule has 4 nitrogen and oxygen atoms in total. The van der Waals surface area contributed by atoms with Crippen LogP contribution in [0.2, 0.25) is 0 Å². The van der Waals surface area contributed by atoms with Crippen LogP contribution in [-0.4, -0.2) is 53.5 Å². The highest BCUT2D eigenvalue weighted by Crippen LogP contribution is 2.38. The third-order valence-corrected chi connectivity index (χ3v) is 5.45. The minimum Gasteiger partial charge on any atom is -0.370 e. The SMILES string of the molecule is CC1CC2(CN=C(N)N2C2CCCCCC2)CN1C. The van der Waals surface area contributed by atoms with E-state index in [0.29, 0.717) is 12.1 Å². The maximum absolute atomic E-state index is 6.26. The molecule has 2 N–H and O–H groups in total. The van der Waals surface area contributed by atoms with Crippen molar-refractivity contribution in [3.63, 3.8) is 0 Å². The minimum absolute atomic E-state index is 0.202. The van der Waals surface area contributed by atoms with Gasteiger partial charge in [0.05, 0.1) is 12.1 Å². The van der Waals surface area contributed by atoms with Crippen LogP contribution in [0.3, 0.4) is 0 Å². The Morgan fingerprint density at radius 2 is 1.89 bits per heavy atom. The van der Waals surface area contributed by atoms with Crippen molar-refractivity contribution in [2.75, 3.05) is 20.1 Å². The van der Waals surface area contributed by atoms with Gasteiger partial charge in [-0.3, -0.25) is 4.99 Å². The van der Waals surface area contributed by atoms with E-state index < -0.39 is 0 Å². The molecule has 1 spiro atoms. The molecule has 0 radical (unpaired) electrons. The van der Waals surface area contributed by atoms with Crippen LogP contribution in [0, 0.1) is 0 Å². The Bertz CT molecular complexity index is 347. The molecule has 3 aliphatic rings. The number of guanidine groups is 1. The first kappa shape index (κ1) is 13.2. The van der Waals surface area contributed by atoms with Gasteiger partial charge in [0.25, 0.3) is 0 Å². The van der Waals surface area contributed by atoms with Gasteiger partial charge in [0.2, 0.25) is 0 Å². The minimum atomic E-state index is 0.202. The Balaban J connectivity index is 1.82. The Hall–Kier alpha value is -0.770. The quantitative estimate of drug-likeness (QED) is 0.735. The zero-order valence-electron chi connectivity index (χ0n) is 12.4. The fourth-order valence-corrected chi connectivity index (χ4v) is 4.39. The molecule has 0 amide bonds. The van der Waals surface area contributed by atoms with Gasteiger partial charge in [0.1, 0.15) is 0 Å². The smallest absolute Gasteiger partial charge is 0.192 e. The van der Waals surface area contributed by atoms with E-state index in [0.717, 1.165) is 19.0 Å². The van der Waals surface area contributed by atoms with E-state index in [9.17, 15) is 0 Å². The van der Waals surface area contributed by atoms with Gasteiger partial charge in [-0.25, -0.2) is 0 Å². The van der Waals surface area contributed by atoms with E-state index in [1.165, 1.54) is 44.9 Å². The molecule has 3 rings (SSSR count). The molecule has 4 heteroatoms. The number of hydrogen-bond donors (Lipinski definition) is 1. The fourth-order valence-electron chi connectivity index (χ4n) is 4.39. The van der Waals surface area contributed by atoms with Crippen LogP contribution in [0.4, 0.5) is 0 Å². The summed E-state index contributed by atoms with van der Waals surface area (Å²) in [4.78, 5) is 9.62. The van der Waals surface area contributed by atoms with Crippen molar-refractivity contribution in [3.05, 3.63) is 0 Å². The first-order valence-corrected chi connectivity index (χ1v) is 7.92. The standard InChI is InChI=1S/C15H28N4/c1-12-9-15(11-18(12)2)10-17-14(16)19(15)13-7-5-3-4-6-8-13/h12-13H,3-11H2,1-2H3,(H2,16,17). The summed E-state index contributed by atoms with van der Waals surface area (Å²) < 4.78 is 0. The molecule has 0 aromatic heterocycles. The Labute approximate surface area is 117 Å². The lowest BCUT2D eigenvalue weighted by Crippen LogP contribution is -2.57. The lowest BCUT2D eigenvalue weighted by Gasteiger charge is -2.41. The molecular weight excluding hydrogens is 236 g/mol. The van der Waals surface area contributed by atoms with Crippen molar-refractivity contribution in [2.45, 2.75) is 69.5 Å². The predicted octanol–water partition coefficient (Wildman–Crippen LogP) is 1.80. The van der Waals surface area contributed by atoms with Crippen LogP contribution in [0.1, 0.15) is 51.9 Å². The predicted molar refractivity (Wildman–Crippen MR) is 79.3 cm³/mol. The highest BCUT2D eigenvalue weighted by Gasteiger charge is 2.50. The third kappa shape index (κ3) is 2.24. The number of nitrogens with zero attached hydrogens (tertiary/aromatic N) is 3. The monoisotopic (exact) mass is 264 g/mol. The van der Waals surface area contributed by atoms with Crippen molar-refractivity contribution < 1.29 is 0 Å². The van der Waals surface area contributed by atoms with Gasteiger partial charge >= 0.3 is 0 Å². The summed E-state index contributed by atoms with van der Waals surface area (Å²) in [6.45, 7) is 4.35. The van der Waals surface area contributed by atoms with Gasteiger partial charge < -0.3 is 15.5 Å². The topological polar surface area (TPSA) is 44.9 Å². The van der Waals surface area contributed by atoms with Gasteiger partial charge in [-0.2, -0.15) is 0 Å². The molecule has 19 heavy (non-hydrogen) atoms. The van der Waals surface area contributed by atoms with Gasteiger partial charge in [0.15, 0.2) is 5.96 Å². The van der Waals surface area contributed by atoms with Crippen molar-refractivity contribution in [1.29, 1.82) is 0 Å². The molecule has 1 saturated heterocycles. The second kappa shape index (κ2) is 4.97. The molecule has 1 aliphatic carbocycles. The largest absolute Gasteiger partial charge is 0.370 e. The molecule has 0 aromatic rings. The van der Waals surface area contributed by atoms with Crippen molar-refractivity contribution in [2.24, 2.45) is 10.7 Å². The molecule has 2 fully saturated rings. The van der Waals surface area contributed by atoms with Crippen LogP contribution >= 0.6 is 0 Å². The second-order valence-electron chi connectivity index (χ2n) is 6.88. The Morgan fingerprint density at radius 1 is 1.21 bits per heavy atom. The van der Waals surface area contributed by atoms with E-state index in [2.05, 4.69) is 28.8 Å². The fraction of sp³-hybridized carbons (Fsp3) is 0.933. The van der Waals surface area contributed by atoms with E-state index in [4.69, 9.17) is 5.73 Å². The maximum Gasteiger partial charge on any atom is 0.192 e. The normalized spacial score (nSPS) is 37.9. The van der Waals surface area contributed by atoms with Gasteiger partial charge in [-0.1, -0.05) is 25.7 Å². The highest BCUT2D eigenvalue weighted by molar-refractivity contribution is 5.81. The molecule has 2 heterocycles. The highest BCUT2D eigenvalue weighted by atomic mass is 15.4. The molecule has 2 aliphatic heterocycles. The summed E-state index contributed by atoms with van der Waals surface area (Å²) in [5.41, 5.74) is 6.47. The number of aliphatic imine (C=N–C) groups is 1. The van der Waals surface area contributed by atoms with Gasteiger partial charge in [-0.05, 0) is 33.2 Å². The number of likely N-dealkylation sites (N-methyl/N-ethyl adjacent to an activating group) is 1. The van der Waals surface area contributed by atoms with E-state index in [-0.39, 0.29) is 5.54 Å². The van der Waals surface area contributed by atoms with Crippen molar-refractivity contribution >= 4 is 5.96 Å². The van der Waals surface area contributed by atoms with E-state index in [1.807, 2.05) is 0 Å². The molecule has 108 valence electrons. The van der Waals surface area contributed by atoms with Crippen molar-refractivity contribution in [1.82, 2.24) is 9.80 Å². The lowest BCUT2D eigenvalue weighted by molar-refractivity contribution is 0.142. The number of nitrogens with two attached hydrogens (primary N) is 1. The van der Waals surface area contributed by atoms with Gasteiger partial charge in [-0.15, -0.1) is 0 Å². The average molecular weight is 264 g/mol. The summed E-state index contributed by atoms with van der Waals surface area (Å²) in [5, 5.41) is 0. The molecule has 2 atom stereocenters. The van der Waals surface area contributed by atoms with Crippen LogP contribution in [0.5, 0.6) is 0 Å². The summed E-state index contributed by atoms with van der Waals surface area (Å²) >= 11 is 0. The van der Waals surface area contributed by atoms with Gasteiger partial charge in [0, 0.05) is 18.6 Å². The lowest BCUT2D eigenvalue weighted by atomic mass is 9.92. The maximum atomic E-state index is 6.26. The van der Waals surface area contributed by atoms with Crippen LogP contribution < -0.4 is 5.73 Å². The molecule has 1 saturated carbocycles. The summed E-state index contributed by atoms with van der Waals surface area (Å²) in [5.74, 6) is 0.814.